The largest absolute Gasteiger partial charge is 0.495 e. The van der Waals surface area contributed by atoms with Crippen molar-refractivity contribution in [3.8, 4) is 17.1 Å². The van der Waals surface area contributed by atoms with Crippen LogP contribution in [0.15, 0.2) is 59.0 Å². The third-order valence-corrected chi connectivity index (χ3v) is 4.47. The Morgan fingerprint density at radius 3 is 2.21 bits per heavy atom. The SMILES string of the molecule is COc1ccc([N+](=O)[O-])cc1NC(=O)C(C)OC(=O)c1ccc(-c2ccc([N+](=O)[O-])cc2)o1. The predicted molar refractivity (Wildman–Crippen MR) is 114 cm³/mol. The molecule has 1 aromatic heterocycles. The van der Waals surface area contributed by atoms with Gasteiger partial charge in [-0.2, -0.15) is 0 Å². The van der Waals surface area contributed by atoms with Gasteiger partial charge in [-0.1, -0.05) is 0 Å². The number of furan rings is 1. The second kappa shape index (κ2) is 9.60. The summed E-state index contributed by atoms with van der Waals surface area (Å²) in [5.74, 6) is -1.39. The summed E-state index contributed by atoms with van der Waals surface area (Å²) in [5.41, 5.74) is 0.191. The zero-order valence-corrected chi connectivity index (χ0v) is 17.3. The van der Waals surface area contributed by atoms with Crippen LogP contribution in [-0.2, 0) is 9.53 Å². The number of benzene rings is 2. The molecule has 0 bridgehead atoms. The van der Waals surface area contributed by atoms with Crippen molar-refractivity contribution < 1.29 is 33.3 Å². The van der Waals surface area contributed by atoms with Gasteiger partial charge in [0.25, 0.3) is 17.3 Å². The van der Waals surface area contributed by atoms with Crippen LogP contribution in [0.3, 0.4) is 0 Å². The van der Waals surface area contributed by atoms with Crippen LogP contribution in [0.1, 0.15) is 17.5 Å². The Labute approximate surface area is 186 Å². The van der Waals surface area contributed by atoms with Crippen LogP contribution in [0, 0.1) is 20.2 Å². The maximum absolute atomic E-state index is 12.4. The number of amides is 1. The van der Waals surface area contributed by atoms with Gasteiger partial charge in [0.15, 0.2) is 6.10 Å². The molecule has 1 unspecified atom stereocenters. The van der Waals surface area contributed by atoms with Crippen molar-refractivity contribution in [2.45, 2.75) is 13.0 Å². The molecule has 0 radical (unpaired) electrons. The molecule has 1 N–H and O–H groups in total. The van der Waals surface area contributed by atoms with Crippen molar-refractivity contribution in [1.29, 1.82) is 0 Å². The smallest absolute Gasteiger partial charge is 0.375 e. The number of methoxy groups -OCH3 is 1. The molecule has 2 aromatic carbocycles. The van der Waals surface area contributed by atoms with Crippen molar-refractivity contribution in [3.63, 3.8) is 0 Å². The van der Waals surface area contributed by atoms with Gasteiger partial charge in [0.2, 0.25) is 5.76 Å². The van der Waals surface area contributed by atoms with Crippen molar-refractivity contribution >= 4 is 28.9 Å². The van der Waals surface area contributed by atoms with E-state index >= 15 is 0 Å². The highest BCUT2D eigenvalue weighted by molar-refractivity contribution is 5.98. The first-order chi connectivity index (χ1) is 15.7. The van der Waals surface area contributed by atoms with Gasteiger partial charge in [-0.25, -0.2) is 4.79 Å². The molecule has 12 nitrogen and oxygen atoms in total. The quantitative estimate of drug-likeness (QED) is 0.301. The van der Waals surface area contributed by atoms with E-state index in [4.69, 9.17) is 13.9 Å². The van der Waals surface area contributed by atoms with Crippen molar-refractivity contribution in [3.05, 3.63) is 80.6 Å². The minimum atomic E-state index is -1.27. The number of hydrogen-bond donors (Lipinski definition) is 1. The lowest BCUT2D eigenvalue weighted by Crippen LogP contribution is -2.30. The molecule has 0 fully saturated rings. The van der Waals surface area contributed by atoms with Gasteiger partial charge in [-0.15, -0.1) is 0 Å². The number of carbonyl (C=O) groups is 2. The first-order valence-electron chi connectivity index (χ1n) is 9.38. The number of esters is 1. The third-order valence-electron chi connectivity index (χ3n) is 4.47. The second-order valence-corrected chi connectivity index (χ2v) is 6.65. The molecule has 0 aliphatic rings. The van der Waals surface area contributed by atoms with Crippen LogP contribution in [0.2, 0.25) is 0 Å². The second-order valence-electron chi connectivity index (χ2n) is 6.65. The Kier molecular flexibility index (Phi) is 6.67. The molecule has 0 saturated heterocycles. The van der Waals surface area contributed by atoms with E-state index in [-0.39, 0.29) is 34.3 Å². The minimum absolute atomic E-state index is 0.0399. The van der Waals surface area contributed by atoms with Gasteiger partial charge in [0.1, 0.15) is 11.5 Å². The Morgan fingerprint density at radius 2 is 1.61 bits per heavy atom. The van der Waals surface area contributed by atoms with Gasteiger partial charge in [0, 0.05) is 29.8 Å². The highest BCUT2D eigenvalue weighted by Crippen LogP contribution is 2.29. The Hall–Kier alpha value is -4.74. The molecule has 0 spiro atoms. The van der Waals surface area contributed by atoms with Crippen molar-refractivity contribution in [2.24, 2.45) is 0 Å². The predicted octanol–water partition coefficient (Wildman–Crippen LogP) is 3.96. The third kappa shape index (κ3) is 5.31. The molecule has 1 atom stereocenters. The maximum atomic E-state index is 12.4. The number of anilines is 1. The van der Waals surface area contributed by atoms with Gasteiger partial charge in [0.05, 0.1) is 22.6 Å². The minimum Gasteiger partial charge on any atom is -0.495 e. The number of non-ortho nitro benzene ring substituents is 2. The number of ether oxygens (including phenoxy) is 2. The van der Waals surface area contributed by atoms with E-state index in [1.807, 2.05) is 0 Å². The Morgan fingerprint density at radius 1 is 0.970 bits per heavy atom. The normalized spacial score (nSPS) is 11.3. The molecule has 0 aliphatic carbocycles. The fourth-order valence-electron chi connectivity index (χ4n) is 2.76. The molecule has 12 heteroatoms. The number of hydrogen-bond acceptors (Lipinski definition) is 9. The van der Waals surface area contributed by atoms with Gasteiger partial charge in [-0.3, -0.25) is 25.0 Å². The number of nitro benzene ring substituents is 2. The van der Waals surface area contributed by atoms with E-state index in [1.54, 1.807) is 0 Å². The summed E-state index contributed by atoms with van der Waals surface area (Å²) in [7, 11) is 1.33. The van der Waals surface area contributed by atoms with Crippen LogP contribution in [-0.4, -0.2) is 34.9 Å². The van der Waals surface area contributed by atoms with Crippen LogP contribution >= 0.6 is 0 Å². The lowest BCUT2D eigenvalue weighted by atomic mass is 10.1. The molecule has 1 amide bonds. The number of rotatable bonds is 8. The van der Waals surface area contributed by atoms with Gasteiger partial charge >= 0.3 is 5.97 Å². The number of carbonyl (C=O) groups excluding carboxylic acids is 2. The Balaban J connectivity index is 1.67. The molecule has 33 heavy (non-hydrogen) atoms. The van der Waals surface area contributed by atoms with Crippen LogP contribution in [0.5, 0.6) is 5.75 Å². The maximum Gasteiger partial charge on any atom is 0.375 e. The zero-order valence-electron chi connectivity index (χ0n) is 17.3. The molecular weight excluding hydrogens is 438 g/mol. The van der Waals surface area contributed by atoms with E-state index in [0.717, 1.165) is 6.07 Å². The molecule has 3 rings (SSSR count). The highest BCUT2D eigenvalue weighted by atomic mass is 16.6. The van der Waals surface area contributed by atoms with Gasteiger partial charge in [-0.05, 0) is 37.3 Å². The lowest BCUT2D eigenvalue weighted by molar-refractivity contribution is -0.385. The van der Waals surface area contributed by atoms with Crippen LogP contribution < -0.4 is 10.1 Å². The molecule has 3 aromatic rings. The van der Waals surface area contributed by atoms with Crippen LogP contribution in [0.4, 0.5) is 17.1 Å². The van der Waals surface area contributed by atoms with Crippen molar-refractivity contribution in [1.82, 2.24) is 0 Å². The number of nitrogens with one attached hydrogen (secondary N) is 1. The molecule has 1 heterocycles. The van der Waals surface area contributed by atoms with E-state index in [1.165, 1.54) is 62.6 Å². The number of nitrogens with zero attached hydrogens (tertiary/aromatic N) is 2. The number of nitro groups is 2. The summed E-state index contributed by atoms with van der Waals surface area (Å²) < 4.78 is 15.6. The monoisotopic (exact) mass is 455 g/mol. The average molecular weight is 455 g/mol. The van der Waals surface area contributed by atoms with Crippen molar-refractivity contribution in [2.75, 3.05) is 12.4 Å². The fraction of sp³-hybridized carbons (Fsp3) is 0.143. The first kappa shape index (κ1) is 22.9. The summed E-state index contributed by atoms with van der Waals surface area (Å²) in [6.45, 7) is 1.32. The lowest BCUT2D eigenvalue weighted by Gasteiger charge is -2.14. The first-order valence-corrected chi connectivity index (χ1v) is 9.38. The summed E-state index contributed by atoms with van der Waals surface area (Å²) in [4.78, 5) is 45.4. The summed E-state index contributed by atoms with van der Waals surface area (Å²) in [6.07, 6.45) is -1.27. The average Bonchev–Trinajstić information content (AvgIpc) is 3.29. The fourth-order valence-corrected chi connectivity index (χ4v) is 2.76. The van der Waals surface area contributed by atoms with Crippen LogP contribution in [0.25, 0.3) is 11.3 Å². The van der Waals surface area contributed by atoms with Gasteiger partial charge < -0.3 is 19.2 Å². The molecule has 0 saturated carbocycles. The topological polar surface area (TPSA) is 164 Å². The standard InChI is InChI=1S/C21H17N3O9/c1-12(20(25)22-16-11-15(24(29)30)7-8-18(16)31-2)32-21(26)19-10-9-17(33-19)13-3-5-14(6-4-13)23(27)28/h3-12H,1-2H3,(H,22,25). The van der Waals surface area contributed by atoms with E-state index in [0.29, 0.717) is 5.56 Å². The zero-order chi connectivity index (χ0) is 24.1. The molecule has 0 aliphatic heterocycles. The summed E-state index contributed by atoms with van der Waals surface area (Å²) in [6, 6.07) is 12.0. The summed E-state index contributed by atoms with van der Waals surface area (Å²) in [5, 5.41) is 24.1. The van der Waals surface area contributed by atoms with E-state index in [9.17, 15) is 29.8 Å². The summed E-state index contributed by atoms with van der Waals surface area (Å²) >= 11 is 0. The van der Waals surface area contributed by atoms with E-state index in [2.05, 4.69) is 5.32 Å². The molecular formula is C21H17N3O9. The molecule has 170 valence electrons. The Bertz CT molecular complexity index is 1220. The highest BCUT2D eigenvalue weighted by Gasteiger charge is 2.23. The van der Waals surface area contributed by atoms with E-state index < -0.39 is 27.8 Å².